The monoisotopic (exact) mass is 344 g/mol. The van der Waals surface area contributed by atoms with Crippen LogP contribution in [0.1, 0.15) is 29.6 Å². The highest BCUT2D eigenvalue weighted by molar-refractivity contribution is 9.10. The highest BCUT2D eigenvalue weighted by Gasteiger charge is 2.22. The van der Waals surface area contributed by atoms with Gasteiger partial charge in [-0.3, -0.25) is 9.59 Å². The lowest BCUT2D eigenvalue weighted by molar-refractivity contribution is -0.121. The lowest BCUT2D eigenvalue weighted by Crippen LogP contribution is -2.31. The van der Waals surface area contributed by atoms with Crippen molar-refractivity contribution in [2.24, 2.45) is 0 Å². The maximum Gasteiger partial charge on any atom is 0.251 e. The van der Waals surface area contributed by atoms with Gasteiger partial charge in [-0.2, -0.15) is 0 Å². The first kappa shape index (κ1) is 14.3. The van der Waals surface area contributed by atoms with Crippen LogP contribution in [0.4, 0.5) is 0 Å². The molecule has 1 aromatic rings. The summed E-state index contributed by atoms with van der Waals surface area (Å²) in [6.07, 6.45) is 2.44. The lowest BCUT2D eigenvalue weighted by Gasteiger charge is -2.06. The van der Waals surface area contributed by atoms with E-state index in [9.17, 15) is 9.59 Å². The fourth-order valence-electron chi connectivity index (χ4n) is 1.56. The summed E-state index contributed by atoms with van der Waals surface area (Å²) < 4.78 is 0.674. The van der Waals surface area contributed by atoms with Gasteiger partial charge in [0, 0.05) is 29.0 Å². The highest BCUT2D eigenvalue weighted by Crippen LogP contribution is 2.23. The summed E-state index contributed by atoms with van der Waals surface area (Å²) in [6, 6.07) is 5.31. The van der Waals surface area contributed by atoms with Gasteiger partial charge < -0.3 is 10.6 Å². The Hall–Kier alpha value is -1.07. The van der Waals surface area contributed by atoms with E-state index < -0.39 is 0 Å². The molecule has 1 saturated carbocycles. The molecule has 0 unspecified atom stereocenters. The number of hydrogen-bond acceptors (Lipinski definition) is 2. The molecule has 2 N–H and O–H groups in total. The molecule has 0 radical (unpaired) electrons. The van der Waals surface area contributed by atoms with Gasteiger partial charge in [-0.05, 0) is 47.0 Å². The van der Waals surface area contributed by atoms with E-state index in [1.807, 2.05) is 0 Å². The number of rotatable bonds is 5. The Bertz CT molecular complexity index is 503. The first-order valence-corrected chi connectivity index (χ1v) is 7.26. The number of hydrogen-bond donors (Lipinski definition) is 2. The molecule has 1 aromatic carbocycles. The quantitative estimate of drug-likeness (QED) is 0.861. The molecule has 19 heavy (non-hydrogen) atoms. The third-order valence-corrected chi connectivity index (χ3v) is 3.98. The first-order chi connectivity index (χ1) is 9.06. The minimum Gasteiger partial charge on any atom is -0.353 e. The van der Waals surface area contributed by atoms with E-state index in [0.717, 1.165) is 12.8 Å². The van der Waals surface area contributed by atoms with Crippen molar-refractivity contribution in [2.45, 2.75) is 25.3 Å². The normalized spacial score (nSPS) is 14.0. The average Bonchev–Trinajstić information content (AvgIpc) is 3.16. The zero-order valence-corrected chi connectivity index (χ0v) is 12.6. The number of nitrogens with one attached hydrogen (secondary N) is 2. The van der Waals surface area contributed by atoms with Crippen molar-refractivity contribution >= 4 is 39.3 Å². The standard InChI is InChI=1S/C13H14BrClN2O2/c14-10-7-8(1-4-11(10)15)13(19)16-6-5-12(18)17-9-2-3-9/h1,4,7,9H,2-3,5-6H2,(H,16,19)(H,17,18). The van der Waals surface area contributed by atoms with Crippen molar-refractivity contribution in [1.29, 1.82) is 0 Å². The largest absolute Gasteiger partial charge is 0.353 e. The van der Waals surface area contributed by atoms with Crippen molar-refractivity contribution < 1.29 is 9.59 Å². The summed E-state index contributed by atoms with van der Waals surface area (Å²) in [5.41, 5.74) is 0.513. The molecule has 0 heterocycles. The fraction of sp³-hybridized carbons (Fsp3) is 0.385. The van der Waals surface area contributed by atoms with E-state index in [0.29, 0.717) is 34.1 Å². The molecule has 0 atom stereocenters. The molecule has 6 heteroatoms. The van der Waals surface area contributed by atoms with Gasteiger partial charge in [-0.25, -0.2) is 0 Å². The molecule has 0 spiro atoms. The third kappa shape index (κ3) is 4.51. The van der Waals surface area contributed by atoms with Crippen molar-refractivity contribution in [1.82, 2.24) is 10.6 Å². The zero-order chi connectivity index (χ0) is 13.8. The molecular weight excluding hydrogens is 332 g/mol. The number of benzene rings is 1. The molecule has 0 bridgehead atoms. The molecule has 0 aliphatic heterocycles. The molecule has 0 aromatic heterocycles. The van der Waals surface area contributed by atoms with Crippen LogP contribution in [0.5, 0.6) is 0 Å². The van der Waals surface area contributed by atoms with Gasteiger partial charge in [0.05, 0.1) is 5.02 Å². The van der Waals surface area contributed by atoms with Crippen LogP contribution in [0.2, 0.25) is 5.02 Å². The van der Waals surface area contributed by atoms with Crippen LogP contribution in [0.15, 0.2) is 22.7 Å². The molecule has 4 nitrogen and oxygen atoms in total. The van der Waals surface area contributed by atoms with Crippen LogP contribution >= 0.6 is 27.5 Å². The van der Waals surface area contributed by atoms with Gasteiger partial charge in [0.1, 0.15) is 0 Å². The predicted octanol–water partition coefficient (Wildman–Crippen LogP) is 2.50. The summed E-state index contributed by atoms with van der Waals surface area (Å²) in [6.45, 7) is 0.331. The summed E-state index contributed by atoms with van der Waals surface area (Å²) in [5.74, 6) is -0.225. The Morgan fingerprint density at radius 1 is 1.37 bits per heavy atom. The van der Waals surface area contributed by atoms with Crippen LogP contribution < -0.4 is 10.6 Å². The number of amides is 2. The van der Waals surface area contributed by atoms with Gasteiger partial charge in [-0.15, -0.1) is 0 Å². The Balaban J connectivity index is 1.76. The lowest BCUT2D eigenvalue weighted by atomic mass is 10.2. The van der Waals surface area contributed by atoms with Crippen LogP contribution in [0.3, 0.4) is 0 Å². The number of carbonyl (C=O) groups is 2. The average molecular weight is 346 g/mol. The smallest absolute Gasteiger partial charge is 0.251 e. The predicted molar refractivity (Wildman–Crippen MR) is 77.3 cm³/mol. The van der Waals surface area contributed by atoms with Crippen LogP contribution in [-0.2, 0) is 4.79 Å². The second kappa shape index (κ2) is 6.39. The van der Waals surface area contributed by atoms with Gasteiger partial charge in [0.2, 0.25) is 5.91 Å². The fourth-order valence-corrected chi connectivity index (χ4v) is 2.05. The molecule has 1 aliphatic rings. The molecular formula is C13H14BrClN2O2. The number of carbonyl (C=O) groups excluding carboxylic acids is 2. The Morgan fingerprint density at radius 3 is 2.74 bits per heavy atom. The summed E-state index contributed by atoms with van der Waals surface area (Å²) in [7, 11) is 0. The van der Waals surface area contributed by atoms with Crippen LogP contribution in [-0.4, -0.2) is 24.4 Å². The molecule has 2 rings (SSSR count). The van der Waals surface area contributed by atoms with Crippen LogP contribution in [0, 0.1) is 0 Å². The van der Waals surface area contributed by atoms with E-state index >= 15 is 0 Å². The Labute approximate surface area is 125 Å². The minimum atomic E-state index is -0.211. The maximum atomic E-state index is 11.8. The Morgan fingerprint density at radius 2 is 2.11 bits per heavy atom. The highest BCUT2D eigenvalue weighted by atomic mass is 79.9. The van der Waals surface area contributed by atoms with Gasteiger partial charge >= 0.3 is 0 Å². The van der Waals surface area contributed by atoms with E-state index in [2.05, 4.69) is 26.6 Å². The molecule has 2 amide bonds. The van der Waals surface area contributed by atoms with Crippen molar-refractivity contribution in [2.75, 3.05) is 6.54 Å². The second-order valence-corrected chi connectivity index (χ2v) is 5.74. The van der Waals surface area contributed by atoms with Gasteiger partial charge in [0.25, 0.3) is 5.91 Å². The Kier molecular flexibility index (Phi) is 4.82. The van der Waals surface area contributed by atoms with E-state index in [1.54, 1.807) is 18.2 Å². The zero-order valence-electron chi connectivity index (χ0n) is 10.2. The summed E-state index contributed by atoms with van der Waals surface area (Å²) >= 11 is 9.12. The maximum absolute atomic E-state index is 11.8. The van der Waals surface area contributed by atoms with Crippen molar-refractivity contribution in [3.05, 3.63) is 33.3 Å². The van der Waals surface area contributed by atoms with E-state index in [-0.39, 0.29) is 11.8 Å². The SMILES string of the molecule is O=C(CCNC(=O)c1ccc(Cl)c(Br)c1)NC1CC1. The van der Waals surface area contributed by atoms with Gasteiger partial charge in [-0.1, -0.05) is 11.6 Å². The summed E-state index contributed by atoms with van der Waals surface area (Å²) in [5, 5.41) is 6.13. The summed E-state index contributed by atoms with van der Waals surface area (Å²) in [4.78, 5) is 23.2. The van der Waals surface area contributed by atoms with Crippen molar-refractivity contribution in [3.8, 4) is 0 Å². The van der Waals surface area contributed by atoms with Crippen LogP contribution in [0.25, 0.3) is 0 Å². The van der Waals surface area contributed by atoms with Crippen molar-refractivity contribution in [3.63, 3.8) is 0 Å². The van der Waals surface area contributed by atoms with E-state index in [1.165, 1.54) is 0 Å². The topological polar surface area (TPSA) is 58.2 Å². The first-order valence-electron chi connectivity index (χ1n) is 6.09. The molecule has 0 saturated heterocycles. The molecule has 102 valence electrons. The third-order valence-electron chi connectivity index (χ3n) is 2.76. The van der Waals surface area contributed by atoms with Gasteiger partial charge in [0.15, 0.2) is 0 Å². The minimum absolute atomic E-state index is 0.0138. The molecule has 1 aliphatic carbocycles. The number of halogens is 2. The van der Waals surface area contributed by atoms with E-state index in [4.69, 9.17) is 11.6 Å². The second-order valence-electron chi connectivity index (χ2n) is 4.48. The molecule has 1 fully saturated rings.